The van der Waals surface area contributed by atoms with Crippen molar-refractivity contribution in [2.45, 2.75) is 81.1 Å². The second kappa shape index (κ2) is 16.1. The van der Waals surface area contributed by atoms with E-state index in [2.05, 4.69) is 55.4 Å². The average Bonchev–Trinajstić information content (AvgIpc) is 2.77. The molecule has 0 aliphatic carbocycles. The third-order valence-electron chi connectivity index (χ3n) is 6.38. The number of nitro groups is 3. The Morgan fingerprint density at radius 1 is 0.622 bits per heavy atom. The van der Waals surface area contributed by atoms with Crippen LogP contribution in [0.1, 0.15) is 81.1 Å². The lowest BCUT2D eigenvalue weighted by molar-refractivity contribution is -0.930. The molecule has 0 aliphatic rings. The monoisotopic (exact) mass is 527 g/mol. The molecule has 1 rings (SSSR count). The van der Waals surface area contributed by atoms with Gasteiger partial charge in [0, 0.05) is 0 Å². The Bertz CT molecular complexity index is 797. The van der Waals surface area contributed by atoms with Crippen LogP contribution >= 0.6 is 0 Å². The van der Waals surface area contributed by atoms with Crippen molar-refractivity contribution in [1.29, 1.82) is 0 Å². The zero-order chi connectivity index (χ0) is 28.9. The van der Waals surface area contributed by atoms with E-state index in [0.29, 0.717) is 12.1 Å². The standard InChI is InChI=1S/C20H44N.C6H3N3O7/c1-17(2)9-13-21(14-10-18(3)4,15-11-19(5)6)16-12-20(7)8;10-6-4(8(13)14)1-3(7(11)12)2-5(6)9(15)16/h17-20H,9-16H2,1-8H3;1-2,10H/q+1;. The minimum absolute atomic E-state index is 0.447. The molecule has 1 aromatic rings. The summed E-state index contributed by atoms with van der Waals surface area (Å²) in [5.41, 5.74) is -3.00. The molecular formula is C26H47N4O7+. The van der Waals surface area contributed by atoms with Gasteiger partial charge in [0.2, 0.25) is 0 Å². The lowest BCUT2D eigenvalue weighted by Crippen LogP contribution is -2.52. The van der Waals surface area contributed by atoms with Crippen molar-refractivity contribution in [3.8, 4) is 5.75 Å². The Hall–Kier alpha value is -2.82. The molecule has 11 nitrogen and oxygen atoms in total. The maximum atomic E-state index is 10.4. The Labute approximate surface area is 220 Å². The van der Waals surface area contributed by atoms with E-state index in [1.807, 2.05) is 0 Å². The fraction of sp³-hybridized carbons (Fsp3) is 0.769. The van der Waals surface area contributed by atoms with E-state index >= 15 is 0 Å². The van der Waals surface area contributed by atoms with E-state index in [-0.39, 0.29) is 0 Å². The van der Waals surface area contributed by atoms with E-state index in [1.54, 1.807) is 0 Å². The molecule has 1 N–H and O–H groups in total. The Balaban J connectivity index is 0.000000724. The van der Waals surface area contributed by atoms with Gasteiger partial charge in [-0.2, -0.15) is 0 Å². The van der Waals surface area contributed by atoms with E-state index < -0.39 is 37.6 Å². The summed E-state index contributed by atoms with van der Waals surface area (Å²) in [6.45, 7) is 24.6. The second-order valence-corrected chi connectivity index (χ2v) is 11.6. The Morgan fingerprint density at radius 2 is 0.892 bits per heavy atom. The first-order valence-electron chi connectivity index (χ1n) is 13.2. The van der Waals surface area contributed by atoms with Crippen molar-refractivity contribution in [2.24, 2.45) is 23.7 Å². The van der Waals surface area contributed by atoms with Gasteiger partial charge in [0.25, 0.3) is 11.4 Å². The van der Waals surface area contributed by atoms with Crippen molar-refractivity contribution in [3.63, 3.8) is 0 Å². The second-order valence-electron chi connectivity index (χ2n) is 11.6. The van der Waals surface area contributed by atoms with Gasteiger partial charge in [-0.1, -0.05) is 55.4 Å². The number of quaternary nitrogens is 1. The number of phenols is 1. The number of non-ortho nitro benzene ring substituents is 1. The van der Waals surface area contributed by atoms with Crippen LogP contribution in [0.2, 0.25) is 0 Å². The molecule has 0 unspecified atom stereocenters. The average molecular weight is 528 g/mol. The molecule has 37 heavy (non-hydrogen) atoms. The van der Waals surface area contributed by atoms with Gasteiger partial charge in [-0.3, -0.25) is 30.3 Å². The van der Waals surface area contributed by atoms with Gasteiger partial charge in [-0.05, 0) is 49.4 Å². The van der Waals surface area contributed by atoms with Crippen molar-refractivity contribution in [1.82, 2.24) is 0 Å². The van der Waals surface area contributed by atoms with Gasteiger partial charge >= 0.3 is 11.4 Å². The highest BCUT2D eigenvalue weighted by Gasteiger charge is 2.30. The van der Waals surface area contributed by atoms with Crippen LogP contribution in [0.15, 0.2) is 12.1 Å². The molecule has 0 aliphatic heterocycles. The third-order valence-corrected chi connectivity index (χ3v) is 6.38. The summed E-state index contributed by atoms with van der Waals surface area (Å²) < 4.78 is 1.38. The SMILES string of the molecule is CC(C)CC[N+](CCC(C)C)(CCC(C)C)CCC(C)C.O=[N+]([O-])c1cc([N+](=O)[O-])c(O)c([N+](=O)[O-])c1. The van der Waals surface area contributed by atoms with Crippen molar-refractivity contribution >= 4 is 17.1 Å². The topological polar surface area (TPSA) is 150 Å². The lowest BCUT2D eigenvalue weighted by atomic mass is 10.0. The molecule has 0 radical (unpaired) electrons. The van der Waals surface area contributed by atoms with Crippen LogP contribution < -0.4 is 0 Å². The molecule has 212 valence electrons. The predicted molar refractivity (Wildman–Crippen MR) is 146 cm³/mol. The van der Waals surface area contributed by atoms with Crippen LogP contribution in [0.25, 0.3) is 0 Å². The number of hydrogen-bond acceptors (Lipinski definition) is 7. The molecule has 0 bridgehead atoms. The molecule has 0 atom stereocenters. The summed E-state index contributed by atoms with van der Waals surface area (Å²) in [6, 6.07) is 0.894. The van der Waals surface area contributed by atoms with Gasteiger partial charge in [0.1, 0.15) is 0 Å². The highest BCUT2D eigenvalue weighted by atomic mass is 16.6. The van der Waals surface area contributed by atoms with Crippen LogP contribution in [0.4, 0.5) is 17.1 Å². The molecule has 0 amide bonds. The first-order chi connectivity index (χ1) is 17.0. The molecule has 11 heteroatoms. The van der Waals surface area contributed by atoms with Crippen LogP contribution in [-0.4, -0.2) is 50.5 Å². The smallest absolute Gasteiger partial charge is 0.324 e. The van der Waals surface area contributed by atoms with E-state index in [1.165, 1.54) is 56.3 Å². The number of aromatic hydroxyl groups is 1. The summed E-state index contributed by atoms with van der Waals surface area (Å²) in [6.07, 6.45) is 5.53. The molecular weight excluding hydrogens is 480 g/mol. The van der Waals surface area contributed by atoms with Crippen molar-refractivity contribution in [2.75, 3.05) is 26.2 Å². The molecule has 0 saturated carbocycles. The molecule has 0 spiro atoms. The van der Waals surface area contributed by atoms with E-state index in [9.17, 15) is 30.3 Å². The van der Waals surface area contributed by atoms with E-state index in [0.717, 1.165) is 23.7 Å². The van der Waals surface area contributed by atoms with Crippen molar-refractivity contribution < 1.29 is 24.4 Å². The number of rotatable bonds is 15. The lowest BCUT2D eigenvalue weighted by Gasteiger charge is -2.41. The summed E-state index contributed by atoms with van der Waals surface area (Å²) >= 11 is 0. The van der Waals surface area contributed by atoms with Gasteiger partial charge < -0.3 is 9.59 Å². The zero-order valence-corrected chi connectivity index (χ0v) is 23.8. The van der Waals surface area contributed by atoms with Crippen LogP contribution in [0.5, 0.6) is 5.75 Å². The minimum Gasteiger partial charge on any atom is -0.497 e. The Morgan fingerprint density at radius 3 is 1.08 bits per heavy atom. The third kappa shape index (κ3) is 13.3. The van der Waals surface area contributed by atoms with Crippen LogP contribution in [0.3, 0.4) is 0 Å². The molecule has 0 heterocycles. The summed E-state index contributed by atoms with van der Waals surface area (Å²) in [4.78, 5) is 27.8. The number of nitro benzene ring substituents is 3. The quantitative estimate of drug-likeness (QED) is 0.145. The first kappa shape index (κ1) is 34.2. The fourth-order valence-electron chi connectivity index (χ4n) is 3.77. The highest BCUT2D eigenvalue weighted by molar-refractivity contribution is 5.64. The van der Waals surface area contributed by atoms with Crippen LogP contribution in [0, 0.1) is 54.0 Å². The van der Waals surface area contributed by atoms with Gasteiger partial charge in [-0.25, -0.2) is 0 Å². The molecule has 0 aromatic heterocycles. The van der Waals surface area contributed by atoms with Crippen LogP contribution in [-0.2, 0) is 0 Å². The van der Waals surface area contributed by atoms with Crippen molar-refractivity contribution in [3.05, 3.63) is 42.5 Å². The molecule has 0 fully saturated rings. The minimum atomic E-state index is -1.21. The largest absolute Gasteiger partial charge is 0.497 e. The summed E-state index contributed by atoms with van der Waals surface area (Å²) in [5.74, 6) is 2.12. The van der Waals surface area contributed by atoms with Gasteiger partial charge in [0.15, 0.2) is 0 Å². The summed E-state index contributed by atoms with van der Waals surface area (Å²) in [5, 5.41) is 40.2. The highest BCUT2D eigenvalue weighted by Crippen LogP contribution is 2.39. The molecule has 1 aromatic carbocycles. The number of phenolic OH excluding ortho intramolecular Hbond substituents is 1. The Kier molecular flexibility index (Phi) is 14.9. The number of hydrogen-bond donors (Lipinski definition) is 1. The number of nitrogens with zero attached hydrogens (tertiary/aromatic N) is 4. The fourth-order valence-corrected chi connectivity index (χ4v) is 3.77. The number of benzene rings is 1. The maximum absolute atomic E-state index is 10.4. The van der Waals surface area contributed by atoms with E-state index in [4.69, 9.17) is 5.11 Å². The zero-order valence-electron chi connectivity index (χ0n) is 23.8. The summed E-state index contributed by atoms with van der Waals surface area (Å²) in [7, 11) is 0. The normalized spacial score (nSPS) is 11.7. The predicted octanol–water partition coefficient (Wildman–Crippen LogP) is 7.10. The van der Waals surface area contributed by atoms with Gasteiger partial charge in [0.05, 0.1) is 53.1 Å². The van der Waals surface area contributed by atoms with Gasteiger partial charge in [-0.15, -0.1) is 0 Å². The maximum Gasteiger partial charge on any atom is 0.324 e. The molecule has 0 saturated heterocycles. The first-order valence-corrected chi connectivity index (χ1v) is 13.2.